The maximum absolute atomic E-state index is 13.5. The van der Waals surface area contributed by atoms with Gasteiger partial charge in [-0.05, 0) is 6.42 Å². The van der Waals surface area contributed by atoms with Crippen LogP contribution in [0.2, 0.25) is 0 Å². The highest BCUT2D eigenvalue weighted by Gasteiger charge is 2.30. The van der Waals surface area contributed by atoms with E-state index in [-0.39, 0.29) is 11.5 Å². The highest BCUT2D eigenvalue weighted by molar-refractivity contribution is 5.11. The summed E-state index contributed by atoms with van der Waals surface area (Å²) in [6.45, 7) is 7.20. The predicted octanol–water partition coefficient (Wildman–Crippen LogP) is 1.68. The molecule has 5 heteroatoms. The Kier molecular flexibility index (Phi) is 2.50. The molecule has 0 N–H and O–H groups in total. The molecule has 0 aliphatic carbocycles. The fourth-order valence-electron chi connectivity index (χ4n) is 1.90. The van der Waals surface area contributed by atoms with Crippen LogP contribution in [0.5, 0.6) is 0 Å². The number of ether oxygens (including phenoxy) is 1. The Balaban J connectivity index is 2.39. The maximum Gasteiger partial charge on any atom is 0.256 e. The lowest BCUT2D eigenvalue weighted by Crippen LogP contribution is -2.23. The Bertz CT molecular complexity index is 350. The van der Waals surface area contributed by atoms with Gasteiger partial charge in [0.05, 0.1) is 12.6 Å². The summed E-state index contributed by atoms with van der Waals surface area (Å²) in [7, 11) is 0. The van der Waals surface area contributed by atoms with Crippen molar-refractivity contribution in [1.29, 1.82) is 0 Å². The van der Waals surface area contributed by atoms with Crippen molar-refractivity contribution in [3.8, 4) is 0 Å². The lowest BCUT2D eigenvalue weighted by atomic mass is 9.92. The topological polar surface area (TPSA) is 39.9 Å². The minimum Gasteiger partial charge on any atom is -0.379 e. The molecule has 1 aromatic heterocycles. The van der Waals surface area contributed by atoms with E-state index in [0.717, 1.165) is 13.0 Å². The monoisotopic (exact) mass is 213 g/mol. The predicted molar refractivity (Wildman–Crippen MR) is 53.2 cm³/mol. The van der Waals surface area contributed by atoms with Crippen LogP contribution >= 0.6 is 0 Å². The van der Waals surface area contributed by atoms with Crippen molar-refractivity contribution >= 4 is 0 Å². The Morgan fingerprint density at radius 1 is 1.47 bits per heavy atom. The molecular formula is C10H16FN3O. The maximum atomic E-state index is 13.5. The van der Waals surface area contributed by atoms with Crippen LogP contribution in [0.4, 0.5) is 4.39 Å². The molecule has 1 aliphatic heterocycles. The zero-order valence-electron chi connectivity index (χ0n) is 9.33. The number of hydrogen-bond acceptors (Lipinski definition) is 3. The summed E-state index contributed by atoms with van der Waals surface area (Å²) in [5.41, 5.74) is 0.286. The third-order valence-electron chi connectivity index (χ3n) is 2.62. The van der Waals surface area contributed by atoms with Crippen molar-refractivity contribution in [3.05, 3.63) is 11.6 Å². The molecule has 2 rings (SSSR count). The van der Waals surface area contributed by atoms with Crippen molar-refractivity contribution < 1.29 is 9.13 Å². The summed E-state index contributed by atoms with van der Waals surface area (Å²) >= 11 is 0. The van der Waals surface area contributed by atoms with E-state index in [0.29, 0.717) is 12.3 Å². The van der Waals surface area contributed by atoms with E-state index in [4.69, 9.17) is 4.74 Å². The summed E-state index contributed by atoms with van der Waals surface area (Å²) in [6, 6.07) is 0.135. The largest absolute Gasteiger partial charge is 0.379 e. The molecule has 1 saturated heterocycles. The molecule has 4 nitrogen and oxygen atoms in total. The summed E-state index contributed by atoms with van der Waals surface area (Å²) in [5, 5.41) is 7.39. The fourth-order valence-corrected chi connectivity index (χ4v) is 1.90. The van der Waals surface area contributed by atoms with Crippen LogP contribution in [-0.2, 0) is 10.2 Å². The number of aromatic nitrogens is 3. The Hall–Kier alpha value is -0.970. The highest BCUT2D eigenvalue weighted by atomic mass is 19.1. The second kappa shape index (κ2) is 3.56. The first-order chi connectivity index (χ1) is 7.00. The summed E-state index contributed by atoms with van der Waals surface area (Å²) in [6.07, 6.45) is 0.881. The van der Waals surface area contributed by atoms with Crippen molar-refractivity contribution in [2.45, 2.75) is 38.6 Å². The molecule has 15 heavy (non-hydrogen) atoms. The number of nitrogens with zero attached hydrogens (tertiary/aromatic N) is 3. The second-order valence-electron chi connectivity index (χ2n) is 4.94. The minimum atomic E-state index is -0.464. The van der Waals surface area contributed by atoms with Crippen molar-refractivity contribution in [3.63, 3.8) is 0 Å². The summed E-state index contributed by atoms with van der Waals surface area (Å²) < 4.78 is 20.5. The van der Waals surface area contributed by atoms with Crippen LogP contribution < -0.4 is 0 Å². The quantitative estimate of drug-likeness (QED) is 0.712. The normalized spacial score (nSPS) is 22.3. The lowest BCUT2D eigenvalue weighted by Gasteiger charge is -2.21. The van der Waals surface area contributed by atoms with Gasteiger partial charge in [-0.2, -0.15) is 4.39 Å². The van der Waals surface area contributed by atoms with Crippen molar-refractivity contribution in [2.24, 2.45) is 0 Å². The number of hydrogen-bond donors (Lipinski definition) is 0. The summed E-state index contributed by atoms with van der Waals surface area (Å²) in [4.78, 5) is 0. The van der Waals surface area contributed by atoms with Gasteiger partial charge < -0.3 is 4.74 Å². The smallest absolute Gasteiger partial charge is 0.256 e. The third kappa shape index (κ3) is 1.88. The number of halogens is 1. The van der Waals surface area contributed by atoms with Crippen LogP contribution in [0.3, 0.4) is 0 Å². The standard InChI is InChI=1S/C10H16FN3O/c1-10(2,3)8-9(11)12-13-14(8)7-4-5-15-6-7/h7H,4-6H2,1-3H3. The van der Waals surface area contributed by atoms with Crippen LogP contribution in [0.15, 0.2) is 0 Å². The van der Waals surface area contributed by atoms with Gasteiger partial charge in [0, 0.05) is 12.0 Å². The first-order valence-electron chi connectivity index (χ1n) is 5.19. The number of rotatable bonds is 1. The molecule has 1 aliphatic rings. The minimum absolute atomic E-state index is 0.135. The molecule has 1 atom stereocenters. The average molecular weight is 213 g/mol. The molecule has 2 heterocycles. The van der Waals surface area contributed by atoms with Gasteiger partial charge in [-0.25, -0.2) is 4.68 Å². The highest BCUT2D eigenvalue weighted by Crippen LogP contribution is 2.28. The molecule has 84 valence electrons. The first kappa shape index (κ1) is 10.5. The van der Waals surface area contributed by atoms with Crippen LogP contribution in [-0.4, -0.2) is 28.2 Å². The van der Waals surface area contributed by atoms with Crippen LogP contribution in [0.1, 0.15) is 38.9 Å². The lowest BCUT2D eigenvalue weighted by molar-refractivity contribution is 0.182. The molecule has 0 radical (unpaired) electrons. The van der Waals surface area contributed by atoms with E-state index >= 15 is 0 Å². The van der Waals surface area contributed by atoms with E-state index in [1.807, 2.05) is 20.8 Å². The molecule has 0 spiro atoms. The zero-order valence-corrected chi connectivity index (χ0v) is 9.33. The van der Waals surface area contributed by atoms with E-state index in [1.54, 1.807) is 4.68 Å². The van der Waals surface area contributed by atoms with Gasteiger partial charge in [0.15, 0.2) is 0 Å². The molecule has 1 aromatic rings. The molecule has 0 amide bonds. The summed E-state index contributed by atoms with van der Waals surface area (Å²) in [5.74, 6) is -0.464. The Labute approximate surface area is 88.4 Å². The van der Waals surface area contributed by atoms with Gasteiger partial charge in [0.1, 0.15) is 5.69 Å². The Morgan fingerprint density at radius 2 is 2.20 bits per heavy atom. The molecule has 1 fully saturated rings. The van der Waals surface area contributed by atoms with Crippen molar-refractivity contribution in [2.75, 3.05) is 13.2 Å². The molecule has 0 saturated carbocycles. The van der Waals surface area contributed by atoms with Crippen molar-refractivity contribution in [1.82, 2.24) is 15.0 Å². The van der Waals surface area contributed by atoms with Gasteiger partial charge in [-0.15, -0.1) is 0 Å². The van der Waals surface area contributed by atoms with Gasteiger partial charge in [-0.1, -0.05) is 31.1 Å². The van der Waals surface area contributed by atoms with Gasteiger partial charge in [-0.3, -0.25) is 0 Å². The first-order valence-corrected chi connectivity index (χ1v) is 5.19. The Morgan fingerprint density at radius 3 is 2.73 bits per heavy atom. The average Bonchev–Trinajstić information content (AvgIpc) is 2.68. The van der Waals surface area contributed by atoms with Crippen LogP contribution in [0.25, 0.3) is 0 Å². The molecular weight excluding hydrogens is 197 g/mol. The van der Waals surface area contributed by atoms with Crippen LogP contribution in [0, 0.1) is 5.95 Å². The molecule has 1 unspecified atom stereocenters. The SMILES string of the molecule is CC(C)(C)c1c(F)nnn1C1CCOC1. The van der Waals surface area contributed by atoms with E-state index in [1.165, 1.54) is 0 Å². The van der Waals surface area contributed by atoms with E-state index in [2.05, 4.69) is 10.3 Å². The fraction of sp³-hybridized carbons (Fsp3) is 0.800. The second-order valence-corrected chi connectivity index (χ2v) is 4.94. The molecule has 0 bridgehead atoms. The third-order valence-corrected chi connectivity index (χ3v) is 2.62. The van der Waals surface area contributed by atoms with E-state index in [9.17, 15) is 4.39 Å². The van der Waals surface area contributed by atoms with Gasteiger partial charge in [0.2, 0.25) is 0 Å². The van der Waals surface area contributed by atoms with Gasteiger partial charge in [0.25, 0.3) is 5.95 Å². The molecule has 0 aromatic carbocycles. The zero-order chi connectivity index (χ0) is 11.1. The van der Waals surface area contributed by atoms with E-state index < -0.39 is 5.95 Å². The van der Waals surface area contributed by atoms with Gasteiger partial charge >= 0.3 is 0 Å².